The molecule has 0 aromatic rings. The van der Waals surface area contributed by atoms with Crippen molar-refractivity contribution in [1.82, 2.24) is 0 Å². The van der Waals surface area contributed by atoms with Gasteiger partial charge in [0.15, 0.2) is 12.2 Å². The molecule has 0 aliphatic heterocycles. The Morgan fingerprint density at radius 2 is 0.462 bits per heavy atom. The van der Waals surface area contributed by atoms with Crippen molar-refractivity contribution in [2.24, 2.45) is 11.8 Å². The van der Waals surface area contributed by atoms with E-state index in [4.69, 9.17) is 37.0 Å². The largest absolute Gasteiger partial charge is 0.472 e. The van der Waals surface area contributed by atoms with E-state index in [0.717, 1.165) is 108 Å². The minimum Gasteiger partial charge on any atom is -0.462 e. The number of rotatable bonds is 84. The third kappa shape index (κ3) is 75.5. The molecule has 19 heteroatoms. The standard InChI is InChI=1S/C85H166O17P2/c1-7-11-13-15-16-17-18-19-20-21-22-26-29-35-40-45-50-56-62-68-83(88)96-74-81(102-85(90)70-64-57-51-46-41-36-30-27-24-23-25-28-33-38-43-48-54-59-65-77(5)9-3)76-100-104(93,94)98-72-79(86)71-97-103(91,92)99-75-80(73-95-82(87)67-61-53-14-12-8-2)101-84(89)69-63-58-52-47-42-37-32-31-34-39-44-49-55-60-66-78(6)10-4/h77-81,86H,7-76H2,1-6H3,(H,91,92)(H,93,94)/t77?,78?,79-,80+,81+/m0/s1. The molecule has 0 fully saturated rings. The van der Waals surface area contributed by atoms with Gasteiger partial charge in [0.1, 0.15) is 19.3 Å². The first-order valence-electron chi connectivity index (χ1n) is 44.1. The first-order chi connectivity index (χ1) is 50.4. The van der Waals surface area contributed by atoms with Crippen LogP contribution >= 0.6 is 15.6 Å². The summed E-state index contributed by atoms with van der Waals surface area (Å²) in [6, 6.07) is 0. The third-order valence-electron chi connectivity index (χ3n) is 20.7. The van der Waals surface area contributed by atoms with Crippen LogP contribution in [0.5, 0.6) is 0 Å². The number of unbranched alkanes of at least 4 members (excludes halogenated alkanes) is 52. The number of ether oxygens (including phenoxy) is 4. The Morgan fingerprint density at radius 1 is 0.269 bits per heavy atom. The quantitative estimate of drug-likeness (QED) is 0.0222. The van der Waals surface area contributed by atoms with Crippen LogP contribution in [-0.2, 0) is 65.4 Å². The van der Waals surface area contributed by atoms with E-state index in [-0.39, 0.29) is 25.7 Å². The molecule has 0 aliphatic rings. The predicted molar refractivity (Wildman–Crippen MR) is 428 cm³/mol. The minimum atomic E-state index is -4.96. The van der Waals surface area contributed by atoms with Crippen molar-refractivity contribution in [3.8, 4) is 0 Å². The predicted octanol–water partition coefficient (Wildman–Crippen LogP) is 25.8. The maximum atomic E-state index is 13.1. The summed E-state index contributed by atoms with van der Waals surface area (Å²) in [7, 11) is -9.91. The van der Waals surface area contributed by atoms with Gasteiger partial charge in [-0.05, 0) is 37.5 Å². The van der Waals surface area contributed by atoms with E-state index in [1.807, 2.05) is 0 Å². The number of phosphoric ester groups is 2. The lowest BCUT2D eigenvalue weighted by Crippen LogP contribution is -2.30. The van der Waals surface area contributed by atoms with Crippen molar-refractivity contribution < 1.29 is 80.2 Å². The highest BCUT2D eigenvalue weighted by atomic mass is 31.2. The number of aliphatic hydroxyl groups is 1. The Balaban J connectivity index is 5.11. The second kappa shape index (κ2) is 76.4. The molecule has 618 valence electrons. The van der Waals surface area contributed by atoms with E-state index in [1.54, 1.807) is 0 Å². The molecule has 0 aliphatic carbocycles. The van der Waals surface area contributed by atoms with Crippen LogP contribution in [0.1, 0.15) is 452 Å². The third-order valence-corrected chi connectivity index (χ3v) is 22.6. The van der Waals surface area contributed by atoms with Gasteiger partial charge in [0.2, 0.25) is 0 Å². The van der Waals surface area contributed by atoms with Gasteiger partial charge in [0.05, 0.1) is 26.4 Å². The van der Waals surface area contributed by atoms with E-state index in [2.05, 4.69) is 41.5 Å². The number of hydrogen-bond acceptors (Lipinski definition) is 15. The number of hydrogen-bond donors (Lipinski definition) is 3. The van der Waals surface area contributed by atoms with Crippen LogP contribution in [0.25, 0.3) is 0 Å². The van der Waals surface area contributed by atoms with E-state index >= 15 is 0 Å². The van der Waals surface area contributed by atoms with Crippen LogP contribution in [0, 0.1) is 11.8 Å². The first kappa shape index (κ1) is 102. The summed E-state index contributed by atoms with van der Waals surface area (Å²) in [5, 5.41) is 10.6. The second-order valence-corrected chi connectivity index (χ2v) is 34.0. The van der Waals surface area contributed by atoms with E-state index in [1.165, 1.54) is 263 Å². The van der Waals surface area contributed by atoms with Crippen molar-refractivity contribution in [3.05, 3.63) is 0 Å². The molecule has 3 N–H and O–H groups in total. The highest BCUT2D eigenvalue weighted by Gasteiger charge is 2.30. The molecule has 0 saturated heterocycles. The minimum absolute atomic E-state index is 0.107. The molecule has 0 spiro atoms. The average molecular weight is 1520 g/mol. The van der Waals surface area contributed by atoms with Crippen LogP contribution in [-0.4, -0.2) is 96.7 Å². The molecule has 0 radical (unpaired) electrons. The Kier molecular flexibility index (Phi) is 75.0. The summed E-state index contributed by atoms with van der Waals surface area (Å²) in [5.74, 6) is -0.398. The molecule has 7 atom stereocenters. The topological polar surface area (TPSA) is 237 Å². The zero-order valence-electron chi connectivity index (χ0n) is 68.3. The maximum absolute atomic E-state index is 13.1. The molecule has 0 aromatic heterocycles. The van der Waals surface area contributed by atoms with E-state index in [9.17, 15) is 43.2 Å². The molecule has 0 aromatic carbocycles. The first-order valence-corrected chi connectivity index (χ1v) is 47.1. The van der Waals surface area contributed by atoms with Gasteiger partial charge in [-0.15, -0.1) is 0 Å². The van der Waals surface area contributed by atoms with Crippen molar-refractivity contribution in [2.45, 2.75) is 471 Å². The lowest BCUT2D eigenvalue weighted by molar-refractivity contribution is -0.161. The number of phosphoric acid groups is 2. The number of aliphatic hydroxyl groups excluding tert-OH is 1. The highest BCUT2D eigenvalue weighted by molar-refractivity contribution is 7.47. The van der Waals surface area contributed by atoms with Gasteiger partial charge in [0, 0.05) is 25.7 Å². The van der Waals surface area contributed by atoms with Crippen LogP contribution in [0.4, 0.5) is 0 Å². The van der Waals surface area contributed by atoms with Gasteiger partial charge >= 0.3 is 39.5 Å². The number of carbonyl (C=O) groups is 4. The molecule has 0 saturated carbocycles. The SMILES string of the molecule is CCCCCCCCCCCCCCCCCCCCCC(=O)OC[C@H](COP(=O)(O)OC[C@@H](O)COP(=O)(O)OC[C@@H](COC(=O)CCCCCCC)OC(=O)CCCCCCCCCCCCCCCCC(C)CC)OC(=O)CCCCCCCCCCCCCCCCCCCCC(C)CC. The van der Waals surface area contributed by atoms with Gasteiger partial charge in [-0.1, -0.05) is 401 Å². The monoisotopic (exact) mass is 1520 g/mol. The molecular weight excluding hydrogens is 1350 g/mol. The van der Waals surface area contributed by atoms with Crippen molar-refractivity contribution >= 4 is 39.5 Å². The molecular formula is C85H166O17P2. The van der Waals surface area contributed by atoms with Gasteiger partial charge in [-0.2, -0.15) is 0 Å². The molecule has 0 bridgehead atoms. The number of carbonyl (C=O) groups excluding carboxylic acids is 4. The van der Waals surface area contributed by atoms with E-state index < -0.39 is 97.5 Å². The maximum Gasteiger partial charge on any atom is 0.472 e. The molecule has 17 nitrogen and oxygen atoms in total. The lowest BCUT2D eigenvalue weighted by Gasteiger charge is -2.21. The average Bonchev–Trinajstić information content (AvgIpc) is 0.931. The Labute approximate surface area is 638 Å². The zero-order valence-corrected chi connectivity index (χ0v) is 70.1. The zero-order chi connectivity index (χ0) is 76.4. The van der Waals surface area contributed by atoms with Crippen molar-refractivity contribution in [1.29, 1.82) is 0 Å². The molecule has 0 amide bonds. The molecule has 104 heavy (non-hydrogen) atoms. The van der Waals surface area contributed by atoms with Crippen LogP contribution in [0.2, 0.25) is 0 Å². The summed E-state index contributed by atoms with van der Waals surface area (Å²) >= 11 is 0. The Hall–Kier alpha value is -1.94. The molecule has 0 heterocycles. The number of esters is 4. The van der Waals surface area contributed by atoms with Crippen LogP contribution in [0.3, 0.4) is 0 Å². The second-order valence-electron chi connectivity index (χ2n) is 31.1. The summed E-state index contributed by atoms with van der Waals surface area (Å²) in [6.07, 6.45) is 68.5. The Bertz CT molecular complexity index is 2000. The smallest absolute Gasteiger partial charge is 0.462 e. The van der Waals surface area contributed by atoms with Crippen molar-refractivity contribution in [2.75, 3.05) is 39.6 Å². The van der Waals surface area contributed by atoms with Crippen molar-refractivity contribution in [3.63, 3.8) is 0 Å². The summed E-state index contributed by atoms with van der Waals surface area (Å²) in [6.45, 7) is 9.69. The molecule has 4 unspecified atom stereocenters. The van der Waals surface area contributed by atoms with Crippen LogP contribution in [0.15, 0.2) is 0 Å². The van der Waals surface area contributed by atoms with E-state index in [0.29, 0.717) is 25.7 Å². The fourth-order valence-corrected chi connectivity index (χ4v) is 14.8. The van der Waals surface area contributed by atoms with Gasteiger partial charge in [-0.25, -0.2) is 9.13 Å². The normalized spacial score (nSPS) is 14.4. The summed E-state index contributed by atoms with van der Waals surface area (Å²) in [4.78, 5) is 72.9. The summed E-state index contributed by atoms with van der Waals surface area (Å²) in [5.41, 5.74) is 0. The van der Waals surface area contributed by atoms with Gasteiger partial charge < -0.3 is 33.8 Å². The fraction of sp³-hybridized carbons (Fsp3) is 0.953. The summed E-state index contributed by atoms with van der Waals surface area (Å²) < 4.78 is 68.6. The van der Waals surface area contributed by atoms with Crippen LogP contribution < -0.4 is 0 Å². The van der Waals surface area contributed by atoms with Gasteiger partial charge in [0.25, 0.3) is 0 Å². The lowest BCUT2D eigenvalue weighted by atomic mass is 9.99. The highest BCUT2D eigenvalue weighted by Crippen LogP contribution is 2.45. The Morgan fingerprint density at radius 3 is 0.683 bits per heavy atom. The van der Waals surface area contributed by atoms with Gasteiger partial charge in [-0.3, -0.25) is 37.3 Å². The molecule has 0 rings (SSSR count). The fourth-order valence-electron chi connectivity index (χ4n) is 13.2.